The van der Waals surface area contributed by atoms with Gasteiger partial charge in [-0.1, -0.05) is 22.0 Å². The largest absolute Gasteiger partial charge is 0.504 e. The maximum atomic E-state index is 10.9. The lowest BCUT2D eigenvalue weighted by molar-refractivity contribution is 0.263. The first-order valence-electron chi connectivity index (χ1n) is 8.31. The third-order valence-corrected chi connectivity index (χ3v) is 7.71. The molecule has 3 N–H and O–H groups in total. The van der Waals surface area contributed by atoms with Crippen molar-refractivity contribution >= 4 is 50.9 Å². The molecule has 5 aliphatic rings. The molecule has 1 spiro atoms. The SMILES string of the molecule is Oc1c2c(c3c4c1N=CC=4CCN=3)C13C=C(Br)C(O)C=C1SC(C3)N2. The van der Waals surface area contributed by atoms with Gasteiger partial charge in [0, 0.05) is 32.9 Å². The molecule has 0 amide bonds. The average Bonchev–Trinajstić information content (AvgIpc) is 3.13. The number of aliphatic hydroxyl groups excluding tert-OH is 1. The Morgan fingerprint density at radius 3 is 3.16 bits per heavy atom. The van der Waals surface area contributed by atoms with Gasteiger partial charge >= 0.3 is 0 Å². The summed E-state index contributed by atoms with van der Waals surface area (Å²) >= 11 is 5.26. The molecule has 7 heteroatoms. The van der Waals surface area contributed by atoms with Crippen LogP contribution in [0.4, 0.5) is 11.4 Å². The monoisotopic (exact) mass is 415 g/mol. The number of fused-ring (bicyclic) bond motifs is 3. The number of halogens is 1. The lowest BCUT2D eigenvalue weighted by Gasteiger charge is -2.37. The highest BCUT2D eigenvalue weighted by Gasteiger charge is 2.53. The molecular formula is C18H14BrN3O2S. The molecular weight excluding hydrogens is 402 g/mol. The second kappa shape index (κ2) is 4.58. The second-order valence-corrected chi connectivity index (χ2v) is 9.18. The molecule has 3 atom stereocenters. The molecule has 0 radical (unpaired) electrons. The van der Waals surface area contributed by atoms with Crippen LogP contribution in [0.1, 0.15) is 18.4 Å². The van der Waals surface area contributed by atoms with Crippen molar-refractivity contribution in [1.29, 1.82) is 0 Å². The number of thioether (sulfide) groups is 1. The van der Waals surface area contributed by atoms with Crippen molar-refractivity contribution in [1.82, 2.24) is 0 Å². The molecule has 5 nitrogen and oxygen atoms in total. The predicted molar refractivity (Wildman–Crippen MR) is 102 cm³/mol. The number of benzene rings is 1. The molecule has 4 aliphatic heterocycles. The van der Waals surface area contributed by atoms with Gasteiger partial charge in [0.15, 0.2) is 5.75 Å². The van der Waals surface area contributed by atoms with E-state index in [2.05, 4.69) is 32.3 Å². The number of allylic oxidation sites excluding steroid dienone is 2. The van der Waals surface area contributed by atoms with Crippen molar-refractivity contribution in [3.8, 4) is 5.75 Å². The summed E-state index contributed by atoms with van der Waals surface area (Å²) in [6.07, 6.45) is 7.04. The zero-order chi connectivity index (χ0) is 16.9. The van der Waals surface area contributed by atoms with Crippen LogP contribution in [0.5, 0.6) is 5.75 Å². The third kappa shape index (κ3) is 1.65. The zero-order valence-electron chi connectivity index (χ0n) is 13.1. The van der Waals surface area contributed by atoms with Gasteiger partial charge in [-0.15, -0.1) is 11.8 Å². The molecule has 0 saturated carbocycles. The van der Waals surface area contributed by atoms with Crippen molar-refractivity contribution < 1.29 is 10.2 Å². The van der Waals surface area contributed by atoms with Gasteiger partial charge in [-0.3, -0.25) is 9.98 Å². The molecule has 1 saturated heterocycles. The number of anilines is 1. The van der Waals surface area contributed by atoms with Gasteiger partial charge in [0.05, 0.1) is 21.8 Å². The van der Waals surface area contributed by atoms with Crippen LogP contribution >= 0.6 is 27.7 Å². The summed E-state index contributed by atoms with van der Waals surface area (Å²) in [7, 11) is 0. The minimum Gasteiger partial charge on any atom is -0.504 e. The minimum atomic E-state index is -0.613. The fourth-order valence-electron chi connectivity index (χ4n) is 4.65. The second-order valence-electron chi connectivity index (χ2n) is 7.02. The van der Waals surface area contributed by atoms with Crippen molar-refractivity contribution in [2.75, 3.05) is 11.9 Å². The Labute approximate surface area is 156 Å². The summed E-state index contributed by atoms with van der Waals surface area (Å²) in [5.41, 5.74) is 3.24. The quantitative estimate of drug-likeness (QED) is 0.565. The van der Waals surface area contributed by atoms with E-state index >= 15 is 0 Å². The number of hydrogen-bond donors (Lipinski definition) is 3. The Kier molecular flexibility index (Phi) is 2.67. The van der Waals surface area contributed by atoms with Crippen LogP contribution in [-0.4, -0.2) is 34.5 Å². The number of phenols is 1. The van der Waals surface area contributed by atoms with E-state index in [9.17, 15) is 10.2 Å². The lowest BCUT2D eigenvalue weighted by atomic mass is 9.71. The average molecular weight is 416 g/mol. The summed E-state index contributed by atoms with van der Waals surface area (Å²) in [5, 5.41) is 26.8. The Morgan fingerprint density at radius 1 is 1.40 bits per heavy atom. The van der Waals surface area contributed by atoms with Crippen molar-refractivity contribution in [2.45, 2.75) is 29.7 Å². The summed E-state index contributed by atoms with van der Waals surface area (Å²) < 4.78 is 0.772. The Bertz CT molecular complexity index is 1090. The van der Waals surface area contributed by atoms with E-state index in [-0.39, 0.29) is 16.5 Å². The van der Waals surface area contributed by atoms with Crippen molar-refractivity contribution in [2.24, 2.45) is 9.98 Å². The number of hydrogen-bond acceptors (Lipinski definition) is 6. The molecule has 0 aromatic heterocycles. The third-order valence-electron chi connectivity index (χ3n) is 5.69. The van der Waals surface area contributed by atoms with Crippen LogP contribution in [0.2, 0.25) is 0 Å². The van der Waals surface area contributed by atoms with E-state index in [0.717, 1.165) is 56.2 Å². The van der Waals surface area contributed by atoms with Crippen LogP contribution in [0, 0.1) is 0 Å². The lowest BCUT2D eigenvalue weighted by Crippen LogP contribution is -2.44. The minimum absolute atomic E-state index is 0.161. The van der Waals surface area contributed by atoms with Crippen LogP contribution in [0.15, 0.2) is 31.5 Å². The van der Waals surface area contributed by atoms with Crippen molar-refractivity contribution in [3.05, 3.63) is 37.7 Å². The number of nitrogens with zero attached hydrogens (tertiary/aromatic N) is 2. The Balaban J connectivity index is 1.80. The number of aromatic hydroxyl groups is 1. The first-order chi connectivity index (χ1) is 12.1. The Morgan fingerprint density at radius 2 is 2.28 bits per heavy atom. The van der Waals surface area contributed by atoms with E-state index in [1.807, 2.05) is 12.3 Å². The molecule has 1 aromatic rings. The molecule has 4 heterocycles. The highest BCUT2D eigenvalue weighted by molar-refractivity contribution is 9.11. The van der Waals surface area contributed by atoms with Crippen molar-refractivity contribution in [3.63, 3.8) is 0 Å². The van der Waals surface area contributed by atoms with Gasteiger partial charge in [0.25, 0.3) is 0 Å². The van der Waals surface area contributed by atoms with Gasteiger partial charge in [-0.2, -0.15) is 0 Å². The van der Waals surface area contributed by atoms with Gasteiger partial charge in [0.2, 0.25) is 0 Å². The number of aliphatic imine (C=N–C) groups is 1. The van der Waals surface area contributed by atoms with E-state index in [4.69, 9.17) is 4.99 Å². The number of rotatable bonds is 0. The topological polar surface area (TPSA) is 77.2 Å². The van der Waals surface area contributed by atoms with Gasteiger partial charge < -0.3 is 15.5 Å². The number of nitrogens with one attached hydrogen (secondary N) is 1. The van der Waals surface area contributed by atoms with Gasteiger partial charge in [-0.05, 0) is 24.5 Å². The van der Waals surface area contributed by atoms with Crippen LogP contribution in [0.3, 0.4) is 0 Å². The van der Waals surface area contributed by atoms with E-state index in [0.29, 0.717) is 5.69 Å². The molecule has 1 aromatic carbocycles. The highest BCUT2D eigenvalue weighted by Crippen LogP contribution is 2.61. The van der Waals surface area contributed by atoms with Gasteiger partial charge in [-0.25, -0.2) is 0 Å². The Hall–Kier alpha value is -1.57. The first kappa shape index (κ1) is 14.6. The number of phenolic OH excluding ortho intramolecular Hbond substituents is 1. The maximum absolute atomic E-state index is 10.9. The summed E-state index contributed by atoms with van der Waals surface area (Å²) in [6.45, 7) is 0.740. The highest BCUT2D eigenvalue weighted by atomic mass is 79.9. The molecule has 1 fully saturated rings. The molecule has 126 valence electrons. The number of aliphatic hydroxyl groups is 1. The van der Waals surface area contributed by atoms with Crippen LogP contribution in [0.25, 0.3) is 5.57 Å². The molecule has 6 rings (SSSR count). The standard InChI is InChI=1S/C18H14BrN3O2S/c19-8-4-18-5-11(25-10(18)3-9(8)23)22-16-13(18)14-12-7(1-2-20-14)6-21-15(12)17(16)24/h3-4,6,9,11,22-24H,1-2,5H2. The molecule has 3 unspecified atom stereocenters. The van der Waals surface area contributed by atoms with E-state index < -0.39 is 6.10 Å². The maximum Gasteiger partial charge on any atom is 0.165 e. The van der Waals surface area contributed by atoms with Crippen LogP contribution in [-0.2, 0) is 5.41 Å². The predicted octanol–water partition coefficient (Wildman–Crippen LogP) is 1.95. The van der Waals surface area contributed by atoms with E-state index in [1.165, 1.54) is 0 Å². The normalized spacial score (nSPS) is 33.0. The fourth-order valence-corrected chi connectivity index (χ4v) is 6.67. The summed E-state index contributed by atoms with van der Waals surface area (Å²) in [5.74, 6) is 0.221. The van der Waals surface area contributed by atoms with Gasteiger partial charge in [0.1, 0.15) is 11.8 Å². The fraction of sp³-hybridized carbons (Fsp3) is 0.333. The first-order valence-corrected chi connectivity index (χ1v) is 9.99. The smallest absolute Gasteiger partial charge is 0.165 e. The zero-order valence-corrected chi connectivity index (χ0v) is 15.5. The van der Waals surface area contributed by atoms with E-state index in [1.54, 1.807) is 11.8 Å². The summed E-state index contributed by atoms with van der Waals surface area (Å²) in [6, 6.07) is 0. The van der Waals surface area contributed by atoms with Crippen LogP contribution < -0.4 is 15.9 Å². The molecule has 2 bridgehead atoms. The molecule has 1 aliphatic carbocycles. The molecule has 25 heavy (non-hydrogen) atoms. The summed E-state index contributed by atoms with van der Waals surface area (Å²) in [4.78, 5) is 10.4.